The lowest BCUT2D eigenvalue weighted by Gasteiger charge is -2.16. The van der Waals surface area contributed by atoms with Crippen LogP contribution in [-0.4, -0.2) is 24.2 Å². The van der Waals surface area contributed by atoms with E-state index < -0.39 is 0 Å². The third-order valence-electron chi connectivity index (χ3n) is 3.28. The quantitative estimate of drug-likeness (QED) is 0.735. The standard InChI is InChI=1S/C14H19NOS/c1-15(2)14(16)17-13-10-6-5-9-12(13)11-7-3-4-8-11/h5-6,9-11H,3-4,7-8H2,1-2H3. The molecule has 0 radical (unpaired) electrons. The van der Waals surface area contributed by atoms with Crippen molar-refractivity contribution in [2.75, 3.05) is 14.1 Å². The Morgan fingerprint density at radius 2 is 1.88 bits per heavy atom. The van der Waals surface area contributed by atoms with Crippen LogP contribution in [0.3, 0.4) is 0 Å². The number of benzene rings is 1. The molecule has 0 atom stereocenters. The highest BCUT2D eigenvalue weighted by molar-refractivity contribution is 8.13. The zero-order valence-corrected chi connectivity index (χ0v) is 11.3. The second kappa shape index (κ2) is 5.58. The maximum atomic E-state index is 11.8. The van der Waals surface area contributed by atoms with E-state index in [9.17, 15) is 4.79 Å². The maximum Gasteiger partial charge on any atom is 0.285 e. The molecule has 0 heterocycles. The highest BCUT2D eigenvalue weighted by atomic mass is 32.2. The Morgan fingerprint density at radius 1 is 1.24 bits per heavy atom. The summed E-state index contributed by atoms with van der Waals surface area (Å²) in [4.78, 5) is 14.5. The number of thioether (sulfide) groups is 1. The van der Waals surface area contributed by atoms with Gasteiger partial charge in [0.1, 0.15) is 0 Å². The number of amides is 1. The molecule has 2 rings (SSSR count). The lowest BCUT2D eigenvalue weighted by Crippen LogP contribution is -2.16. The minimum atomic E-state index is 0.107. The Kier molecular flexibility index (Phi) is 4.11. The van der Waals surface area contributed by atoms with Crippen molar-refractivity contribution >= 4 is 17.0 Å². The van der Waals surface area contributed by atoms with Gasteiger partial charge in [-0.15, -0.1) is 0 Å². The monoisotopic (exact) mass is 249 g/mol. The number of hydrogen-bond donors (Lipinski definition) is 0. The molecule has 1 aliphatic rings. The molecule has 1 aromatic carbocycles. The summed E-state index contributed by atoms with van der Waals surface area (Å²) in [6, 6.07) is 8.35. The molecule has 1 amide bonds. The molecule has 0 bridgehead atoms. The Hall–Kier alpha value is -0.960. The van der Waals surface area contributed by atoms with Crippen LogP contribution in [0.5, 0.6) is 0 Å². The zero-order chi connectivity index (χ0) is 12.3. The summed E-state index contributed by atoms with van der Waals surface area (Å²) < 4.78 is 0. The molecule has 0 aliphatic heterocycles. The molecule has 3 heteroatoms. The molecule has 17 heavy (non-hydrogen) atoms. The first-order valence-electron chi connectivity index (χ1n) is 6.16. The van der Waals surface area contributed by atoms with Crippen molar-refractivity contribution in [2.24, 2.45) is 0 Å². The van der Waals surface area contributed by atoms with Gasteiger partial charge in [0.25, 0.3) is 5.24 Å². The molecule has 1 aliphatic carbocycles. The zero-order valence-electron chi connectivity index (χ0n) is 10.5. The van der Waals surface area contributed by atoms with Gasteiger partial charge in [0.2, 0.25) is 0 Å². The van der Waals surface area contributed by atoms with Crippen molar-refractivity contribution in [2.45, 2.75) is 36.5 Å². The molecular weight excluding hydrogens is 230 g/mol. The Balaban J connectivity index is 2.18. The predicted molar refractivity (Wildman–Crippen MR) is 72.6 cm³/mol. The summed E-state index contributed by atoms with van der Waals surface area (Å²) in [6.07, 6.45) is 5.19. The van der Waals surface area contributed by atoms with E-state index in [0.717, 1.165) is 4.90 Å². The van der Waals surface area contributed by atoms with Gasteiger partial charge in [0.15, 0.2) is 0 Å². The lowest BCUT2D eigenvalue weighted by atomic mass is 9.98. The number of hydrogen-bond acceptors (Lipinski definition) is 2. The van der Waals surface area contributed by atoms with E-state index in [4.69, 9.17) is 0 Å². The van der Waals surface area contributed by atoms with Crippen LogP contribution in [0.25, 0.3) is 0 Å². The van der Waals surface area contributed by atoms with E-state index in [1.54, 1.807) is 19.0 Å². The second-order valence-electron chi connectivity index (χ2n) is 4.78. The SMILES string of the molecule is CN(C)C(=O)Sc1ccccc1C1CCCC1. The Labute approximate surface area is 107 Å². The van der Waals surface area contributed by atoms with Crippen molar-refractivity contribution in [3.05, 3.63) is 29.8 Å². The van der Waals surface area contributed by atoms with Crippen molar-refractivity contribution in [1.82, 2.24) is 4.90 Å². The van der Waals surface area contributed by atoms with E-state index in [-0.39, 0.29) is 5.24 Å². The van der Waals surface area contributed by atoms with Crippen LogP contribution in [0.4, 0.5) is 4.79 Å². The average Bonchev–Trinajstić information content (AvgIpc) is 2.83. The normalized spacial score (nSPS) is 16.1. The molecule has 1 aromatic rings. The van der Waals surface area contributed by atoms with Crippen molar-refractivity contribution in [3.63, 3.8) is 0 Å². The summed E-state index contributed by atoms with van der Waals surface area (Å²) in [6.45, 7) is 0. The molecule has 0 unspecified atom stereocenters. The molecule has 0 spiro atoms. The smallest absolute Gasteiger partial charge is 0.285 e. The van der Waals surface area contributed by atoms with Gasteiger partial charge in [0.05, 0.1) is 0 Å². The van der Waals surface area contributed by atoms with E-state index >= 15 is 0 Å². The van der Waals surface area contributed by atoms with Crippen LogP contribution in [0.15, 0.2) is 29.2 Å². The van der Waals surface area contributed by atoms with Gasteiger partial charge < -0.3 is 4.90 Å². The van der Waals surface area contributed by atoms with E-state index in [1.807, 2.05) is 6.07 Å². The number of carbonyl (C=O) groups is 1. The van der Waals surface area contributed by atoms with Gasteiger partial charge in [-0.05, 0) is 42.2 Å². The summed E-state index contributed by atoms with van der Waals surface area (Å²) in [5, 5.41) is 0.107. The lowest BCUT2D eigenvalue weighted by molar-refractivity contribution is 0.241. The molecular formula is C14H19NOS. The summed E-state index contributed by atoms with van der Waals surface area (Å²) >= 11 is 1.35. The number of rotatable bonds is 2. The van der Waals surface area contributed by atoms with Gasteiger partial charge >= 0.3 is 0 Å². The molecule has 2 nitrogen and oxygen atoms in total. The van der Waals surface area contributed by atoms with E-state index in [0.29, 0.717) is 5.92 Å². The van der Waals surface area contributed by atoms with Crippen LogP contribution in [-0.2, 0) is 0 Å². The molecule has 1 fully saturated rings. The summed E-state index contributed by atoms with van der Waals surface area (Å²) in [5.41, 5.74) is 1.37. The van der Waals surface area contributed by atoms with Gasteiger partial charge in [-0.25, -0.2) is 0 Å². The molecule has 0 aromatic heterocycles. The third-order valence-corrected chi connectivity index (χ3v) is 4.41. The third kappa shape index (κ3) is 3.03. The fraction of sp³-hybridized carbons (Fsp3) is 0.500. The van der Waals surface area contributed by atoms with Gasteiger partial charge in [-0.1, -0.05) is 31.0 Å². The fourth-order valence-electron chi connectivity index (χ4n) is 2.33. The van der Waals surface area contributed by atoms with Crippen molar-refractivity contribution < 1.29 is 4.79 Å². The first-order valence-corrected chi connectivity index (χ1v) is 6.98. The highest BCUT2D eigenvalue weighted by Crippen LogP contribution is 2.39. The summed E-state index contributed by atoms with van der Waals surface area (Å²) in [7, 11) is 3.60. The molecule has 0 saturated heterocycles. The second-order valence-corrected chi connectivity index (χ2v) is 5.77. The largest absolute Gasteiger partial charge is 0.339 e. The molecule has 0 N–H and O–H groups in total. The van der Waals surface area contributed by atoms with Crippen LogP contribution >= 0.6 is 11.8 Å². The van der Waals surface area contributed by atoms with Crippen LogP contribution < -0.4 is 0 Å². The fourth-order valence-corrected chi connectivity index (χ4v) is 3.20. The summed E-state index contributed by atoms with van der Waals surface area (Å²) in [5.74, 6) is 0.661. The first kappa shape index (κ1) is 12.5. The minimum absolute atomic E-state index is 0.107. The molecule has 92 valence electrons. The predicted octanol–water partition coefficient (Wildman–Crippen LogP) is 4.12. The topological polar surface area (TPSA) is 20.3 Å². The minimum Gasteiger partial charge on any atom is -0.339 e. The average molecular weight is 249 g/mol. The van der Waals surface area contributed by atoms with E-state index in [2.05, 4.69) is 18.2 Å². The maximum absolute atomic E-state index is 11.8. The highest BCUT2D eigenvalue weighted by Gasteiger charge is 2.21. The first-order chi connectivity index (χ1) is 8.18. The van der Waals surface area contributed by atoms with Crippen LogP contribution in [0.1, 0.15) is 37.2 Å². The van der Waals surface area contributed by atoms with Crippen molar-refractivity contribution in [3.8, 4) is 0 Å². The van der Waals surface area contributed by atoms with Gasteiger partial charge in [-0.2, -0.15) is 0 Å². The Bertz CT molecular complexity index is 397. The van der Waals surface area contributed by atoms with Crippen LogP contribution in [0.2, 0.25) is 0 Å². The molecule has 1 saturated carbocycles. The van der Waals surface area contributed by atoms with E-state index in [1.165, 1.54) is 43.0 Å². The van der Waals surface area contributed by atoms with Crippen LogP contribution in [0, 0.1) is 0 Å². The van der Waals surface area contributed by atoms with Crippen molar-refractivity contribution in [1.29, 1.82) is 0 Å². The Morgan fingerprint density at radius 3 is 2.53 bits per heavy atom. The number of carbonyl (C=O) groups excluding carboxylic acids is 1. The van der Waals surface area contributed by atoms with Gasteiger partial charge in [-0.3, -0.25) is 4.79 Å². The van der Waals surface area contributed by atoms with Gasteiger partial charge in [0, 0.05) is 19.0 Å². The number of nitrogens with zero attached hydrogens (tertiary/aromatic N) is 1.